The van der Waals surface area contributed by atoms with E-state index in [1.807, 2.05) is 13.8 Å². The highest BCUT2D eigenvalue weighted by Crippen LogP contribution is 2.23. The van der Waals surface area contributed by atoms with Crippen LogP contribution in [0.15, 0.2) is 0 Å². The Hall–Kier alpha value is -1.10. The summed E-state index contributed by atoms with van der Waals surface area (Å²) in [5, 5.41) is 2.76. The second-order valence-corrected chi connectivity index (χ2v) is 4.66. The van der Waals surface area contributed by atoms with E-state index in [1.54, 1.807) is 4.90 Å². The van der Waals surface area contributed by atoms with Crippen molar-refractivity contribution in [2.45, 2.75) is 38.4 Å². The van der Waals surface area contributed by atoms with E-state index in [-0.39, 0.29) is 29.8 Å². The molecular weight excluding hydrogens is 194 g/mol. The topological polar surface area (TPSA) is 75.4 Å². The van der Waals surface area contributed by atoms with E-state index in [9.17, 15) is 9.59 Å². The maximum atomic E-state index is 12.0. The van der Waals surface area contributed by atoms with E-state index in [1.165, 1.54) is 0 Å². The molecule has 2 rings (SSSR count). The van der Waals surface area contributed by atoms with Gasteiger partial charge in [-0.05, 0) is 12.3 Å². The molecule has 0 aromatic rings. The first kappa shape index (κ1) is 10.4. The van der Waals surface area contributed by atoms with Gasteiger partial charge in [0.15, 0.2) is 0 Å². The summed E-state index contributed by atoms with van der Waals surface area (Å²) in [5.74, 6) is 0.0417. The standard InChI is InChI=1S/C10H17N3O2/c1-5(2)7-10(15)13-4-3-6(11)8(13)9(14)12-7/h5-8H,3-4,11H2,1-2H3,(H,12,14)/t6?,7-,8?/m0/s1. The number of nitrogens with zero attached hydrogens (tertiary/aromatic N) is 1. The zero-order chi connectivity index (χ0) is 11.2. The normalized spacial score (nSPS) is 35.7. The van der Waals surface area contributed by atoms with Crippen molar-refractivity contribution in [3.05, 3.63) is 0 Å². The highest BCUT2D eigenvalue weighted by Gasteiger charge is 2.47. The minimum atomic E-state index is -0.438. The minimum Gasteiger partial charge on any atom is -0.342 e. The van der Waals surface area contributed by atoms with Crippen LogP contribution in [0.25, 0.3) is 0 Å². The van der Waals surface area contributed by atoms with Crippen molar-refractivity contribution < 1.29 is 9.59 Å². The third-order valence-electron chi connectivity index (χ3n) is 3.23. The molecule has 0 saturated carbocycles. The fraction of sp³-hybridized carbons (Fsp3) is 0.800. The first-order valence-electron chi connectivity index (χ1n) is 5.39. The van der Waals surface area contributed by atoms with Crippen molar-refractivity contribution in [1.29, 1.82) is 0 Å². The molecule has 2 fully saturated rings. The number of carbonyl (C=O) groups is 2. The number of fused-ring (bicyclic) bond motifs is 1. The van der Waals surface area contributed by atoms with Gasteiger partial charge >= 0.3 is 0 Å². The first-order valence-corrected chi connectivity index (χ1v) is 5.39. The van der Waals surface area contributed by atoms with E-state index in [4.69, 9.17) is 5.73 Å². The van der Waals surface area contributed by atoms with Gasteiger partial charge in [-0.25, -0.2) is 0 Å². The van der Waals surface area contributed by atoms with E-state index >= 15 is 0 Å². The molecule has 3 N–H and O–H groups in total. The number of piperazine rings is 1. The summed E-state index contributed by atoms with van der Waals surface area (Å²) in [4.78, 5) is 25.4. The summed E-state index contributed by atoms with van der Waals surface area (Å²) in [6.07, 6.45) is 0.717. The Labute approximate surface area is 89.0 Å². The molecule has 0 bridgehead atoms. The SMILES string of the molecule is CC(C)[C@@H]1NC(=O)C2C(N)CCN2C1=O. The first-order chi connectivity index (χ1) is 7.02. The molecular formula is C10H17N3O2. The lowest BCUT2D eigenvalue weighted by molar-refractivity contribution is -0.148. The van der Waals surface area contributed by atoms with Crippen LogP contribution in [-0.4, -0.2) is 41.4 Å². The van der Waals surface area contributed by atoms with Crippen LogP contribution in [0.2, 0.25) is 0 Å². The molecule has 2 aliphatic rings. The lowest BCUT2D eigenvalue weighted by Crippen LogP contribution is -2.65. The van der Waals surface area contributed by atoms with Gasteiger partial charge in [-0.1, -0.05) is 13.8 Å². The lowest BCUT2D eigenvalue weighted by Gasteiger charge is -2.37. The molecule has 84 valence electrons. The Bertz CT molecular complexity index is 303. The number of hydrogen-bond donors (Lipinski definition) is 2. The molecule has 2 amide bonds. The number of nitrogens with one attached hydrogen (secondary N) is 1. The maximum Gasteiger partial charge on any atom is 0.246 e. The third kappa shape index (κ3) is 1.51. The predicted octanol–water partition coefficient (Wildman–Crippen LogP) is -0.931. The quantitative estimate of drug-likeness (QED) is 0.588. The second kappa shape index (κ2) is 3.48. The van der Waals surface area contributed by atoms with Gasteiger partial charge in [-0.2, -0.15) is 0 Å². The third-order valence-corrected chi connectivity index (χ3v) is 3.23. The molecule has 0 spiro atoms. The van der Waals surface area contributed by atoms with Crippen molar-refractivity contribution in [1.82, 2.24) is 10.2 Å². The van der Waals surface area contributed by atoms with E-state index in [2.05, 4.69) is 5.32 Å². The number of rotatable bonds is 1. The van der Waals surface area contributed by atoms with Crippen molar-refractivity contribution in [2.24, 2.45) is 11.7 Å². The number of hydrogen-bond acceptors (Lipinski definition) is 3. The Morgan fingerprint density at radius 3 is 2.73 bits per heavy atom. The molecule has 0 radical (unpaired) electrons. The summed E-state index contributed by atoms with van der Waals surface area (Å²) in [7, 11) is 0. The predicted molar refractivity (Wildman–Crippen MR) is 54.9 cm³/mol. The number of carbonyl (C=O) groups excluding carboxylic acids is 2. The van der Waals surface area contributed by atoms with Crippen LogP contribution < -0.4 is 11.1 Å². The fourth-order valence-electron chi connectivity index (χ4n) is 2.33. The molecule has 2 heterocycles. The summed E-state index contributed by atoms with van der Waals surface area (Å²) >= 11 is 0. The van der Waals surface area contributed by atoms with Crippen LogP contribution in [0.5, 0.6) is 0 Å². The van der Waals surface area contributed by atoms with Crippen LogP contribution in [0.4, 0.5) is 0 Å². The van der Waals surface area contributed by atoms with Crippen molar-refractivity contribution in [3.8, 4) is 0 Å². The molecule has 0 aromatic heterocycles. The molecule has 2 saturated heterocycles. The van der Waals surface area contributed by atoms with Gasteiger partial charge in [0.2, 0.25) is 11.8 Å². The lowest BCUT2D eigenvalue weighted by atomic mass is 9.98. The minimum absolute atomic E-state index is 0.0163. The van der Waals surface area contributed by atoms with Gasteiger partial charge in [0.05, 0.1) is 0 Å². The Morgan fingerprint density at radius 1 is 1.47 bits per heavy atom. The molecule has 5 heteroatoms. The molecule has 15 heavy (non-hydrogen) atoms. The average Bonchev–Trinajstić information content (AvgIpc) is 2.54. The van der Waals surface area contributed by atoms with Crippen LogP contribution in [0, 0.1) is 5.92 Å². The fourth-order valence-corrected chi connectivity index (χ4v) is 2.33. The van der Waals surface area contributed by atoms with Crippen LogP contribution in [0.3, 0.4) is 0 Å². The average molecular weight is 211 g/mol. The van der Waals surface area contributed by atoms with E-state index < -0.39 is 6.04 Å². The van der Waals surface area contributed by atoms with Gasteiger partial charge in [-0.15, -0.1) is 0 Å². The monoisotopic (exact) mass is 211 g/mol. The van der Waals surface area contributed by atoms with Gasteiger partial charge in [0.25, 0.3) is 0 Å². The summed E-state index contributed by atoms with van der Waals surface area (Å²) < 4.78 is 0. The van der Waals surface area contributed by atoms with E-state index in [0.717, 1.165) is 0 Å². The Morgan fingerprint density at radius 2 is 2.13 bits per heavy atom. The molecule has 2 unspecified atom stereocenters. The molecule has 5 nitrogen and oxygen atoms in total. The van der Waals surface area contributed by atoms with Crippen LogP contribution >= 0.6 is 0 Å². The van der Waals surface area contributed by atoms with Gasteiger partial charge in [-0.3, -0.25) is 9.59 Å². The van der Waals surface area contributed by atoms with Crippen LogP contribution in [-0.2, 0) is 9.59 Å². The van der Waals surface area contributed by atoms with Gasteiger partial charge in [0.1, 0.15) is 12.1 Å². The van der Waals surface area contributed by atoms with E-state index in [0.29, 0.717) is 13.0 Å². The zero-order valence-electron chi connectivity index (χ0n) is 9.06. The molecule has 2 aliphatic heterocycles. The Balaban J connectivity index is 2.23. The van der Waals surface area contributed by atoms with Crippen molar-refractivity contribution in [3.63, 3.8) is 0 Å². The van der Waals surface area contributed by atoms with Gasteiger partial charge in [0, 0.05) is 12.6 Å². The maximum absolute atomic E-state index is 12.0. The smallest absolute Gasteiger partial charge is 0.246 e. The Kier molecular flexibility index (Phi) is 2.42. The molecule has 0 aliphatic carbocycles. The highest BCUT2D eigenvalue weighted by molar-refractivity contribution is 5.98. The van der Waals surface area contributed by atoms with Crippen molar-refractivity contribution >= 4 is 11.8 Å². The summed E-state index contributed by atoms with van der Waals surface area (Å²) in [6.45, 7) is 4.47. The van der Waals surface area contributed by atoms with Crippen LogP contribution in [0.1, 0.15) is 20.3 Å². The number of nitrogens with two attached hydrogens (primary N) is 1. The zero-order valence-corrected chi connectivity index (χ0v) is 9.06. The summed E-state index contributed by atoms with van der Waals surface area (Å²) in [5.41, 5.74) is 5.81. The molecule has 0 aromatic carbocycles. The summed E-state index contributed by atoms with van der Waals surface area (Å²) in [6, 6.07) is -1.02. The van der Waals surface area contributed by atoms with Gasteiger partial charge < -0.3 is 16.0 Å². The largest absolute Gasteiger partial charge is 0.342 e. The number of amides is 2. The van der Waals surface area contributed by atoms with Crippen molar-refractivity contribution in [2.75, 3.05) is 6.54 Å². The molecule has 3 atom stereocenters. The highest BCUT2D eigenvalue weighted by atomic mass is 16.2. The second-order valence-electron chi connectivity index (χ2n) is 4.66.